The smallest absolute Gasteiger partial charge is 0.328 e. The molecular formula is C11H16N2O4S. The molecule has 18 heavy (non-hydrogen) atoms. The molecule has 0 aliphatic rings. The van der Waals surface area contributed by atoms with Gasteiger partial charge < -0.3 is 10.4 Å². The molecule has 0 amide bonds. The van der Waals surface area contributed by atoms with Crippen molar-refractivity contribution in [3.05, 3.63) is 24.3 Å². The van der Waals surface area contributed by atoms with E-state index in [0.717, 1.165) is 0 Å². The summed E-state index contributed by atoms with van der Waals surface area (Å²) in [6, 6.07) is 6.14. The minimum atomic E-state index is -3.63. The third kappa shape index (κ3) is 2.99. The fourth-order valence-electron chi connectivity index (χ4n) is 1.30. The second-order valence-corrected chi connectivity index (χ2v) is 6.11. The molecule has 0 unspecified atom stereocenters. The minimum absolute atomic E-state index is 0.0156. The van der Waals surface area contributed by atoms with Crippen molar-refractivity contribution < 1.29 is 18.3 Å². The van der Waals surface area contributed by atoms with Crippen LogP contribution in [0.1, 0.15) is 13.8 Å². The summed E-state index contributed by atoms with van der Waals surface area (Å²) in [5.74, 6) is -1.07. The lowest BCUT2D eigenvalue weighted by atomic mass is 10.1. The lowest BCUT2D eigenvalue weighted by molar-refractivity contribution is -0.141. The fourth-order valence-corrected chi connectivity index (χ4v) is 2.19. The van der Waals surface area contributed by atoms with Crippen molar-refractivity contribution in [2.75, 3.05) is 12.4 Å². The highest BCUT2D eigenvalue weighted by Crippen LogP contribution is 2.23. The van der Waals surface area contributed by atoms with Gasteiger partial charge in [-0.1, -0.05) is 12.1 Å². The number of carboxylic acid groups (broad SMARTS) is 1. The maximum atomic E-state index is 11.8. The van der Waals surface area contributed by atoms with E-state index in [1.807, 2.05) is 0 Å². The number of anilines is 1. The number of hydrogen-bond acceptors (Lipinski definition) is 4. The molecular weight excluding hydrogens is 256 g/mol. The van der Waals surface area contributed by atoms with Crippen molar-refractivity contribution >= 4 is 21.7 Å². The Hall–Kier alpha value is -1.60. The molecule has 0 radical (unpaired) electrons. The molecule has 0 aliphatic carbocycles. The van der Waals surface area contributed by atoms with Gasteiger partial charge in [0.25, 0.3) is 0 Å². The van der Waals surface area contributed by atoms with Gasteiger partial charge in [0, 0.05) is 0 Å². The first kappa shape index (κ1) is 14.5. The highest BCUT2D eigenvalue weighted by Gasteiger charge is 2.29. The van der Waals surface area contributed by atoms with E-state index in [4.69, 9.17) is 5.11 Å². The summed E-state index contributed by atoms with van der Waals surface area (Å²) in [5, 5.41) is 11.7. The number of carboxylic acids is 1. The van der Waals surface area contributed by atoms with Crippen LogP contribution < -0.4 is 10.0 Å². The van der Waals surface area contributed by atoms with Gasteiger partial charge in [0.05, 0.1) is 5.69 Å². The monoisotopic (exact) mass is 272 g/mol. The molecule has 0 aromatic heterocycles. The molecule has 3 N–H and O–H groups in total. The summed E-state index contributed by atoms with van der Waals surface area (Å²) in [6.07, 6.45) is 0. The first-order chi connectivity index (χ1) is 8.20. The highest BCUT2D eigenvalue weighted by molar-refractivity contribution is 7.89. The standard InChI is InChI=1S/C11H16N2O4S/c1-11(2,10(14)15)13-8-6-4-5-7-9(8)18(16,17)12-3/h4-7,12-13H,1-3H3,(H,14,15). The summed E-state index contributed by atoms with van der Waals surface area (Å²) in [6.45, 7) is 2.91. The number of aliphatic carboxylic acids is 1. The zero-order valence-corrected chi connectivity index (χ0v) is 11.2. The fraction of sp³-hybridized carbons (Fsp3) is 0.364. The Labute approximate surface area is 106 Å². The van der Waals surface area contributed by atoms with Gasteiger partial charge in [-0.2, -0.15) is 0 Å². The van der Waals surface area contributed by atoms with Crippen molar-refractivity contribution in [3.8, 4) is 0 Å². The Morgan fingerprint density at radius 1 is 1.28 bits per heavy atom. The number of sulfonamides is 1. The van der Waals surface area contributed by atoms with E-state index in [2.05, 4.69) is 10.0 Å². The van der Waals surface area contributed by atoms with Crippen LogP contribution in [0.25, 0.3) is 0 Å². The molecule has 0 saturated heterocycles. The van der Waals surface area contributed by atoms with E-state index in [1.165, 1.54) is 33.0 Å². The molecule has 7 heteroatoms. The van der Waals surface area contributed by atoms with Gasteiger partial charge in [-0.15, -0.1) is 0 Å². The normalized spacial score (nSPS) is 12.2. The third-order valence-corrected chi connectivity index (χ3v) is 3.90. The second-order valence-electron chi connectivity index (χ2n) is 4.26. The van der Waals surface area contributed by atoms with Crippen LogP contribution in [0.5, 0.6) is 0 Å². The van der Waals surface area contributed by atoms with Crippen LogP contribution in [0.3, 0.4) is 0 Å². The van der Waals surface area contributed by atoms with E-state index in [1.54, 1.807) is 12.1 Å². The Kier molecular flexibility index (Phi) is 3.98. The molecule has 1 aromatic carbocycles. The molecule has 100 valence electrons. The Morgan fingerprint density at radius 3 is 2.33 bits per heavy atom. The second kappa shape index (κ2) is 4.95. The quantitative estimate of drug-likeness (QED) is 0.739. The molecule has 1 aromatic rings. The van der Waals surface area contributed by atoms with E-state index < -0.39 is 21.5 Å². The number of rotatable bonds is 5. The predicted molar refractivity (Wildman–Crippen MR) is 68.0 cm³/mol. The van der Waals surface area contributed by atoms with Gasteiger partial charge in [0.2, 0.25) is 10.0 Å². The van der Waals surface area contributed by atoms with Gasteiger partial charge in [-0.05, 0) is 33.0 Å². The van der Waals surface area contributed by atoms with Crippen molar-refractivity contribution in [3.63, 3.8) is 0 Å². The van der Waals surface area contributed by atoms with Crippen LogP contribution in [0, 0.1) is 0 Å². The van der Waals surface area contributed by atoms with Crippen molar-refractivity contribution in [2.24, 2.45) is 0 Å². The first-order valence-electron chi connectivity index (χ1n) is 5.25. The van der Waals surface area contributed by atoms with Crippen LogP contribution in [0.15, 0.2) is 29.2 Å². The van der Waals surface area contributed by atoms with Crippen LogP contribution in [-0.2, 0) is 14.8 Å². The van der Waals surface area contributed by atoms with Crippen LogP contribution >= 0.6 is 0 Å². The number of nitrogens with one attached hydrogen (secondary N) is 2. The van der Waals surface area contributed by atoms with Gasteiger partial charge in [-0.25, -0.2) is 17.9 Å². The lowest BCUT2D eigenvalue weighted by Gasteiger charge is -2.24. The van der Waals surface area contributed by atoms with Gasteiger partial charge in [0.1, 0.15) is 10.4 Å². The zero-order chi connectivity index (χ0) is 14.0. The molecule has 0 heterocycles. The zero-order valence-electron chi connectivity index (χ0n) is 10.4. The molecule has 0 fully saturated rings. The minimum Gasteiger partial charge on any atom is -0.480 e. The summed E-state index contributed by atoms with van der Waals surface area (Å²) < 4.78 is 25.8. The molecule has 6 nitrogen and oxygen atoms in total. The third-order valence-electron chi connectivity index (χ3n) is 2.43. The lowest BCUT2D eigenvalue weighted by Crippen LogP contribution is -2.40. The summed E-state index contributed by atoms with van der Waals surface area (Å²) >= 11 is 0. The van der Waals surface area contributed by atoms with Crippen LogP contribution in [-0.4, -0.2) is 32.1 Å². The van der Waals surface area contributed by atoms with E-state index in [-0.39, 0.29) is 10.6 Å². The molecule has 0 spiro atoms. The van der Waals surface area contributed by atoms with Gasteiger partial charge in [0.15, 0.2) is 0 Å². The highest BCUT2D eigenvalue weighted by atomic mass is 32.2. The number of carbonyl (C=O) groups is 1. The Balaban J connectivity index is 3.24. The predicted octanol–water partition coefficient (Wildman–Crippen LogP) is 0.870. The number of hydrogen-bond donors (Lipinski definition) is 3. The maximum Gasteiger partial charge on any atom is 0.328 e. The molecule has 0 aliphatic heterocycles. The van der Waals surface area contributed by atoms with Crippen LogP contribution in [0.2, 0.25) is 0 Å². The first-order valence-corrected chi connectivity index (χ1v) is 6.73. The van der Waals surface area contributed by atoms with E-state index in [9.17, 15) is 13.2 Å². The van der Waals surface area contributed by atoms with E-state index >= 15 is 0 Å². The summed E-state index contributed by atoms with van der Waals surface area (Å²) in [5.41, 5.74) is -1.02. The molecule has 0 saturated carbocycles. The molecule has 0 atom stereocenters. The van der Waals surface area contributed by atoms with Crippen LogP contribution in [0.4, 0.5) is 5.69 Å². The summed E-state index contributed by atoms with van der Waals surface area (Å²) in [7, 11) is -2.33. The largest absolute Gasteiger partial charge is 0.480 e. The SMILES string of the molecule is CNS(=O)(=O)c1ccccc1NC(C)(C)C(=O)O. The van der Waals surface area contributed by atoms with Crippen molar-refractivity contribution in [1.29, 1.82) is 0 Å². The Bertz CT molecular complexity index is 552. The van der Waals surface area contributed by atoms with Gasteiger partial charge >= 0.3 is 5.97 Å². The number of benzene rings is 1. The van der Waals surface area contributed by atoms with E-state index in [0.29, 0.717) is 0 Å². The average Bonchev–Trinajstić information content (AvgIpc) is 2.29. The van der Waals surface area contributed by atoms with Crippen molar-refractivity contribution in [1.82, 2.24) is 4.72 Å². The molecule has 0 bridgehead atoms. The average molecular weight is 272 g/mol. The van der Waals surface area contributed by atoms with Gasteiger partial charge in [-0.3, -0.25) is 0 Å². The topological polar surface area (TPSA) is 95.5 Å². The summed E-state index contributed by atoms with van der Waals surface area (Å²) in [4.78, 5) is 11.0. The number of para-hydroxylation sites is 1. The maximum absolute atomic E-state index is 11.8. The molecule has 1 rings (SSSR count). The Morgan fingerprint density at radius 2 is 1.83 bits per heavy atom. The van der Waals surface area contributed by atoms with Crippen molar-refractivity contribution in [2.45, 2.75) is 24.3 Å².